The number of hydrogen-bond acceptors (Lipinski definition) is 5. The van der Waals surface area contributed by atoms with Gasteiger partial charge in [-0.2, -0.15) is 0 Å². The van der Waals surface area contributed by atoms with Crippen LogP contribution in [0, 0.1) is 0 Å². The van der Waals surface area contributed by atoms with Gasteiger partial charge in [0.15, 0.2) is 0 Å². The minimum absolute atomic E-state index is 0.0662. The van der Waals surface area contributed by atoms with Crippen molar-refractivity contribution in [3.63, 3.8) is 0 Å². The highest BCUT2D eigenvalue weighted by atomic mass is 32.1. The molecular weight excluding hydrogens is 304 g/mol. The molecule has 2 aromatic rings. The molecule has 2 rings (SSSR count). The van der Waals surface area contributed by atoms with Gasteiger partial charge in [-0.3, -0.25) is 20.4 Å². The third kappa shape index (κ3) is 4.16. The second-order valence-electron chi connectivity index (χ2n) is 4.30. The Hall–Kier alpha value is -2.67. The molecule has 22 heavy (non-hydrogen) atoms. The Kier molecular flexibility index (Phi) is 5.26. The maximum Gasteiger partial charge on any atom is 0.348 e. The standard InChI is InChI=1S/C15H14N2O4S/c1-21-15(20)12-8-7-11(22-12)9-13(18)16-17-14(19)10-5-3-2-4-6-10/h2-8H,9H2,1H3,(H,16,18)(H,17,19). The van der Waals surface area contributed by atoms with E-state index in [9.17, 15) is 14.4 Å². The van der Waals surface area contributed by atoms with Gasteiger partial charge < -0.3 is 4.74 Å². The first kappa shape index (κ1) is 15.7. The number of carbonyl (C=O) groups is 3. The number of esters is 1. The van der Waals surface area contributed by atoms with Gasteiger partial charge in [0.2, 0.25) is 5.91 Å². The first-order valence-corrected chi connectivity index (χ1v) is 7.23. The van der Waals surface area contributed by atoms with Gasteiger partial charge in [0.05, 0.1) is 13.5 Å². The van der Waals surface area contributed by atoms with Crippen LogP contribution in [0.5, 0.6) is 0 Å². The summed E-state index contributed by atoms with van der Waals surface area (Å²) < 4.78 is 4.60. The summed E-state index contributed by atoms with van der Waals surface area (Å²) in [6.07, 6.45) is 0.0662. The summed E-state index contributed by atoms with van der Waals surface area (Å²) in [4.78, 5) is 36.0. The van der Waals surface area contributed by atoms with Crippen LogP contribution in [-0.2, 0) is 16.0 Å². The lowest BCUT2D eigenvalue weighted by Crippen LogP contribution is -2.42. The van der Waals surface area contributed by atoms with E-state index in [1.807, 2.05) is 0 Å². The Balaban J connectivity index is 1.84. The van der Waals surface area contributed by atoms with E-state index < -0.39 is 11.9 Å². The summed E-state index contributed by atoms with van der Waals surface area (Å²) in [5.41, 5.74) is 5.12. The van der Waals surface area contributed by atoms with Crippen LogP contribution >= 0.6 is 11.3 Å². The van der Waals surface area contributed by atoms with Crippen molar-refractivity contribution in [1.82, 2.24) is 10.9 Å². The molecule has 0 saturated carbocycles. The molecule has 1 aromatic heterocycles. The SMILES string of the molecule is COC(=O)c1ccc(CC(=O)NNC(=O)c2ccccc2)s1. The fraction of sp³-hybridized carbons (Fsp3) is 0.133. The monoisotopic (exact) mass is 318 g/mol. The van der Waals surface area contributed by atoms with Gasteiger partial charge in [0, 0.05) is 10.4 Å². The number of hydrogen-bond donors (Lipinski definition) is 2. The lowest BCUT2D eigenvalue weighted by atomic mass is 10.2. The normalized spacial score (nSPS) is 9.86. The maximum absolute atomic E-state index is 11.8. The highest BCUT2D eigenvalue weighted by Crippen LogP contribution is 2.17. The molecular formula is C15H14N2O4S. The zero-order chi connectivity index (χ0) is 15.9. The predicted octanol–water partition coefficient (Wildman–Crippen LogP) is 1.54. The van der Waals surface area contributed by atoms with E-state index in [0.29, 0.717) is 15.3 Å². The number of hydrazine groups is 1. The summed E-state index contributed by atoms with van der Waals surface area (Å²) in [5, 5.41) is 0. The minimum Gasteiger partial charge on any atom is -0.465 e. The van der Waals surface area contributed by atoms with Crippen LogP contribution in [0.2, 0.25) is 0 Å². The van der Waals surface area contributed by atoms with E-state index in [4.69, 9.17) is 0 Å². The van der Waals surface area contributed by atoms with Crippen LogP contribution in [0.3, 0.4) is 0 Å². The lowest BCUT2D eigenvalue weighted by molar-refractivity contribution is -0.121. The van der Waals surface area contributed by atoms with Crippen LogP contribution in [-0.4, -0.2) is 24.9 Å². The van der Waals surface area contributed by atoms with Crippen LogP contribution in [0.25, 0.3) is 0 Å². The Morgan fingerprint density at radius 3 is 2.45 bits per heavy atom. The molecule has 2 N–H and O–H groups in total. The summed E-state index contributed by atoms with van der Waals surface area (Å²) >= 11 is 1.18. The topological polar surface area (TPSA) is 84.5 Å². The van der Waals surface area contributed by atoms with E-state index in [1.165, 1.54) is 18.4 Å². The maximum atomic E-state index is 11.8. The zero-order valence-corrected chi connectivity index (χ0v) is 12.6. The Bertz CT molecular complexity index is 682. The van der Waals surface area contributed by atoms with Crippen LogP contribution < -0.4 is 10.9 Å². The quantitative estimate of drug-likeness (QED) is 0.661. The van der Waals surface area contributed by atoms with Crippen LogP contribution in [0.1, 0.15) is 24.9 Å². The van der Waals surface area contributed by atoms with Gasteiger partial charge in [-0.1, -0.05) is 18.2 Å². The Morgan fingerprint density at radius 2 is 1.77 bits per heavy atom. The molecule has 0 bridgehead atoms. The molecule has 0 spiro atoms. The van der Waals surface area contributed by atoms with Crippen molar-refractivity contribution in [3.05, 3.63) is 57.8 Å². The molecule has 1 aromatic carbocycles. The van der Waals surface area contributed by atoms with Crippen molar-refractivity contribution in [3.8, 4) is 0 Å². The summed E-state index contributed by atoms with van der Waals surface area (Å²) in [7, 11) is 1.30. The molecule has 0 unspecified atom stereocenters. The van der Waals surface area contributed by atoms with E-state index in [1.54, 1.807) is 42.5 Å². The lowest BCUT2D eigenvalue weighted by Gasteiger charge is -2.06. The van der Waals surface area contributed by atoms with Gasteiger partial charge >= 0.3 is 5.97 Å². The number of benzene rings is 1. The van der Waals surface area contributed by atoms with Crippen LogP contribution in [0.15, 0.2) is 42.5 Å². The largest absolute Gasteiger partial charge is 0.465 e. The number of thiophene rings is 1. The number of amides is 2. The molecule has 0 aliphatic carbocycles. The van der Waals surface area contributed by atoms with E-state index in [0.717, 1.165) is 0 Å². The van der Waals surface area contributed by atoms with E-state index in [2.05, 4.69) is 15.6 Å². The second kappa shape index (κ2) is 7.37. The number of carbonyl (C=O) groups excluding carboxylic acids is 3. The van der Waals surface area contributed by atoms with Crippen molar-refractivity contribution in [2.24, 2.45) is 0 Å². The molecule has 0 fully saturated rings. The van der Waals surface area contributed by atoms with Gasteiger partial charge in [-0.15, -0.1) is 11.3 Å². The first-order valence-electron chi connectivity index (χ1n) is 6.41. The van der Waals surface area contributed by atoms with Crippen molar-refractivity contribution in [2.75, 3.05) is 7.11 Å². The summed E-state index contributed by atoms with van der Waals surface area (Å²) in [6, 6.07) is 11.8. The molecule has 0 radical (unpaired) electrons. The molecule has 0 atom stereocenters. The Labute approximate surface area is 131 Å². The number of methoxy groups -OCH3 is 1. The van der Waals surface area contributed by atoms with Crippen LogP contribution in [0.4, 0.5) is 0 Å². The molecule has 0 aliphatic heterocycles. The van der Waals surface area contributed by atoms with Gasteiger partial charge in [-0.25, -0.2) is 4.79 Å². The Morgan fingerprint density at radius 1 is 1.05 bits per heavy atom. The third-order valence-corrected chi connectivity index (χ3v) is 3.80. The van der Waals surface area contributed by atoms with Crippen molar-refractivity contribution in [2.45, 2.75) is 6.42 Å². The highest BCUT2D eigenvalue weighted by molar-refractivity contribution is 7.14. The molecule has 6 nitrogen and oxygen atoms in total. The smallest absolute Gasteiger partial charge is 0.348 e. The fourth-order valence-corrected chi connectivity index (χ4v) is 2.60. The van der Waals surface area contributed by atoms with Crippen molar-refractivity contribution in [1.29, 1.82) is 0 Å². The van der Waals surface area contributed by atoms with Gasteiger partial charge in [0.1, 0.15) is 4.88 Å². The second-order valence-corrected chi connectivity index (χ2v) is 5.47. The molecule has 0 aliphatic rings. The molecule has 114 valence electrons. The number of ether oxygens (including phenoxy) is 1. The zero-order valence-electron chi connectivity index (χ0n) is 11.8. The van der Waals surface area contributed by atoms with Gasteiger partial charge in [-0.05, 0) is 24.3 Å². The molecule has 1 heterocycles. The molecule has 2 amide bonds. The average molecular weight is 318 g/mol. The fourth-order valence-electron chi connectivity index (χ4n) is 1.67. The third-order valence-electron chi connectivity index (χ3n) is 2.73. The summed E-state index contributed by atoms with van der Waals surface area (Å²) in [5.74, 6) is -1.20. The molecule has 7 heteroatoms. The number of rotatable bonds is 4. The number of nitrogens with one attached hydrogen (secondary N) is 2. The predicted molar refractivity (Wildman–Crippen MR) is 81.4 cm³/mol. The van der Waals surface area contributed by atoms with E-state index >= 15 is 0 Å². The average Bonchev–Trinajstić information content (AvgIpc) is 3.01. The van der Waals surface area contributed by atoms with Crippen molar-refractivity contribution >= 4 is 29.1 Å². The molecule has 0 saturated heterocycles. The van der Waals surface area contributed by atoms with Gasteiger partial charge in [0.25, 0.3) is 5.91 Å². The first-order chi connectivity index (χ1) is 10.6. The van der Waals surface area contributed by atoms with Crippen molar-refractivity contribution < 1.29 is 19.1 Å². The summed E-state index contributed by atoms with van der Waals surface area (Å²) in [6.45, 7) is 0. The van der Waals surface area contributed by atoms with E-state index in [-0.39, 0.29) is 12.3 Å². The highest BCUT2D eigenvalue weighted by Gasteiger charge is 2.12. The minimum atomic E-state index is -0.436.